The first-order valence-corrected chi connectivity index (χ1v) is 21.8. The summed E-state index contributed by atoms with van der Waals surface area (Å²) in [5, 5.41) is 7.61. The number of amides is 4. The number of hydrogen-bond acceptors (Lipinski definition) is 8. The van der Waals surface area contributed by atoms with Gasteiger partial charge in [0, 0.05) is 23.5 Å². The molecule has 61 heavy (non-hydrogen) atoms. The zero-order valence-corrected chi connectivity index (χ0v) is 36.3. The second-order valence-electron chi connectivity index (χ2n) is 17.6. The van der Waals surface area contributed by atoms with E-state index in [9.17, 15) is 19.2 Å². The van der Waals surface area contributed by atoms with Crippen LogP contribution in [0.4, 0.5) is 9.59 Å². The fourth-order valence-corrected chi connectivity index (χ4v) is 9.86. The summed E-state index contributed by atoms with van der Waals surface area (Å²) in [5.74, 6) is 1.02. The van der Waals surface area contributed by atoms with Crippen LogP contribution in [0.5, 0.6) is 0 Å². The number of rotatable bonds is 10. The molecule has 1 aliphatic carbocycles. The predicted octanol–water partition coefficient (Wildman–Crippen LogP) is 8.13. The molecule has 4 heterocycles. The maximum absolute atomic E-state index is 14.0. The second-order valence-corrected chi connectivity index (χ2v) is 17.6. The molecule has 322 valence electrons. The highest BCUT2D eigenvalue weighted by atomic mass is 16.5. The number of imidazole rings is 2. The molecule has 4 amide bonds. The summed E-state index contributed by atoms with van der Waals surface area (Å²) in [6.07, 6.45) is 8.09. The van der Waals surface area contributed by atoms with Gasteiger partial charge in [-0.15, -0.1) is 0 Å². The molecule has 14 nitrogen and oxygen atoms in total. The molecule has 2 saturated heterocycles. The number of nitrogens with one attached hydrogen (secondary N) is 4. The highest BCUT2D eigenvalue weighted by molar-refractivity contribution is 6.05. The summed E-state index contributed by atoms with van der Waals surface area (Å²) in [7, 11) is 2.61. The van der Waals surface area contributed by atoms with Crippen LogP contribution in [0.25, 0.3) is 44.2 Å². The van der Waals surface area contributed by atoms with Gasteiger partial charge >= 0.3 is 12.2 Å². The van der Waals surface area contributed by atoms with Crippen molar-refractivity contribution in [3.8, 4) is 22.4 Å². The fraction of sp³-hybridized carbons (Fsp3) is 0.489. The van der Waals surface area contributed by atoms with Gasteiger partial charge in [-0.25, -0.2) is 19.6 Å². The lowest BCUT2D eigenvalue weighted by Crippen LogP contribution is -2.52. The van der Waals surface area contributed by atoms with Crippen molar-refractivity contribution in [2.24, 2.45) is 11.8 Å². The number of methoxy groups -OCH3 is 2. The molecule has 4 N–H and O–H groups in total. The van der Waals surface area contributed by atoms with Crippen molar-refractivity contribution < 1.29 is 28.7 Å². The molecule has 5 atom stereocenters. The Morgan fingerprint density at radius 2 is 1.43 bits per heavy atom. The van der Waals surface area contributed by atoms with Gasteiger partial charge in [0.25, 0.3) is 0 Å². The third-order valence-electron chi connectivity index (χ3n) is 13.1. The minimum atomic E-state index is -0.710. The average molecular weight is 831 g/mol. The van der Waals surface area contributed by atoms with E-state index in [2.05, 4.69) is 70.0 Å². The molecule has 14 heteroatoms. The van der Waals surface area contributed by atoms with Gasteiger partial charge in [-0.2, -0.15) is 0 Å². The van der Waals surface area contributed by atoms with Crippen LogP contribution in [0.3, 0.4) is 0 Å². The Kier molecular flexibility index (Phi) is 11.8. The van der Waals surface area contributed by atoms with E-state index in [1.165, 1.54) is 30.9 Å². The molecule has 0 radical (unpaired) electrons. The Labute approximate surface area is 356 Å². The highest BCUT2D eigenvalue weighted by Gasteiger charge is 2.42. The van der Waals surface area contributed by atoms with Crippen molar-refractivity contribution in [1.29, 1.82) is 0 Å². The lowest BCUT2D eigenvalue weighted by molar-refractivity contribution is -0.137. The number of hydrogen-bond donors (Lipinski definition) is 4. The second kappa shape index (κ2) is 17.2. The number of aromatic amines is 2. The van der Waals surface area contributed by atoms with Crippen LogP contribution in [0, 0.1) is 11.8 Å². The van der Waals surface area contributed by atoms with Crippen LogP contribution in [-0.4, -0.2) is 92.6 Å². The monoisotopic (exact) mass is 830 g/mol. The van der Waals surface area contributed by atoms with Gasteiger partial charge in [-0.05, 0) is 110 Å². The number of alkyl carbamates (subject to hydrolysis) is 2. The Bertz CT molecular complexity index is 2470. The zero-order chi connectivity index (χ0) is 43.1. The van der Waals surface area contributed by atoms with Crippen LogP contribution in [0.1, 0.15) is 108 Å². The number of likely N-dealkylation sites (tertiary alicyclic amines) is 2. The summed E-state index contributed by atoms with van der Waals surface area (Å²) < 4.78 is 9.64. The van der Waals surface area contributed by atoms with Crippen LogP contribution in [0.2, 0.25) is 0 Å². The SMILES string of the molecule is COC(=O)N[C@H](C(=O)N1CCC[C@H]1c1ncc(-c2ccc(-c3ccc4c(ccc5[nH]c([C@@H]6CCC(C)N6C(=O)[C@@H](NC(=O)OC)C(C)C)nc54)c3)c3c2CCCC3)[nH]1)C(C)C. The van der Waals surface area contributed by atoms with Crippen LogP contribution >= 0.6 is 0 Å². The first-order valence-electron chi connectivity index (χ1n) is 21.8. The molecule has 0 saturated carbocycles. The molecule has 2 aromatic heterocycles. The van der Waals surface area contributed by atoms with Crippen LogP contribution in [-0.2, 0) is 31.9 Å². The van der Waals surface area contributed by atoms with Crippen LogP contribution < -0.4 is 10.6 Å². The molecule has 0 spiro atoms. The summed E-state index contributed by atoms with van der Waals surface area (Å²) in [6, 6.07) is 13.4. The number of carbonyl (C=O) groups excluding carboxylic acids is 4. The van der Waals surface area contributed by atoms with Crippen molar-refractivity contribution in [3.63, 3.8) is 0 Å². The van der Waals surface area contributed by atoms with Gasteiger partial charge in [0.2, 0.25) is 11.8 Å². The molecule has 5 aromatic rings. The smallest absolute Gasteiger partial charge is 0.407 e. The van der Waals surface area contributed by atoms with E-state index in [-0.39, 0.29) is 41.8 Å². The minimum Gasteiger partial charge on any atom is -0.453 e. The maximum atomic E-state index is 14.0. The molecule has 8 rings (SSSR count). The maximum Gasteiger partial charge on any atom is 0.407 e. The van der Waals surface area contributed by atoms with Gasteiger partial charge in [0.15, 0.2) is 0 Å². The Hall–Kier alpha value is -5.92. The summed E-state index contributed by atoms with van der Waals surface area (Å²) in [6.45, 7) is 10.3. The summed E-state index contributed by atoms with van der Waals surface area (Å²) >= 11 is 0. The molecule has 3 aromatic carbocycles. The Balaban J connectivity index is 1.06. The van der Waals surface area contributed by atoms with Crippen molar-refractivity contribution in [1.82, 2.24) is 40.4 Å². The average Bonchev–Trinajstić information content (AvgIpc) is 4.09. The topological polar surface area (TPSA) is 175 Å². The van der Waals surface area contributed by atoms with E-state index in [4.69, 9.17) is 19.4 Å². The quantitative estimate of drug-likeness (QED) is 0.109. The van der Waals surface area contributed by atoms with Gasteiger partial charge in [-0.1, -0.05) is 58.0 Å². The lowest BCUT2D eigenvalue weighted by atomic mass is 9.82. The van der Waals surface area contributed by atoms with E-state index < -0.39 is 24.3 Å². The number of H-pyrrole nitrogens is 2. The normalized spacial score (nSPS) is 20.0. The zero-order valence-electron chi connectivity index (χ0n) is 36.3. The lowest BCUT2D eigenvalue weighted by Gasteiger charge is -2.32. The number of aromatic nitrogens is 4. The molecule has 2 fully saturated rings. The molecule has 2 aliphatic heterocycles. The number of nitrogens with zero attached hydrogens (tertiary/aromatic N) is 4. The summed E-state index contributed by atoms with van der Waals surface area (Å²) in [4.78, 5) is 72.9. The third kappa shape index (κ3) is 7.92. The van der Waals surface area contributed by atoms with Crippen LogP contribution in [0.15, 0.2) is 48.7 Å². The van der Waals surface area contributed by atoms with E-state index >= 15 is 0 Å². The third-order valence-corrected chi connectivity index (χ3v) is 13.1. The first kappa shape index (κ1) is 41.8. The van der Waals surface area contributed by atoms with E-state index in [0.717, 1.165) is 102 Å². The van der Waals surface area contributed by atoms with Crippen molar-refractivity contribution >= 4 is 45.8 Å². The fourth-order valence-electron chi connectivity index (χ4n) is 9.86. The van der Waals surface area contributed by atoms with Crippen molar-refractivity contribution in [2.45, 2.75) is 116 Å². The van der Waals surface area contributed by atoms with Crippen molar-refractivity contribution in [2.75, 3.05) is 20.8 Å². The van der Waals surface area contributed by atoms with Gasteiger partial charge in [0.05, 0.1) is 49.2 Å². The van der Waals surface area contributed by atoms with Gasteiger partial charge < -0.3 is 39.9 Å². The largest absolute Gasteiger partial charge is 0.453 e. The molecular weight excluding hydrogens is 773 g/mol. The molecule has 0 bridgehead atoms. The standard InChI is InChI=1S/C47H58N8O6/c1-25(2)39(52-46(58)60-6)44(56)54-22-10-13-37(54)42-48-24-36(50-42)34-19-18-30(32-11-8-9-12-33(32)34)28-15-17-31-29(23-28)16-20-35-41(31)51-43(49-35)38-21-14-27(5)55(38)45(57)40(26(3)4)53-47(59)61-7/h15-20,23-27,37-40H,8-14,21-22H2,1-7H3,(H,48,50)(H,49,51)(H,52,58)(H,53,59)/t27?,37-,38-,39-,40-/m0/s1. The Morgan fingerprint density at radius 3 is 2.11 bits per heavy atom. The van der Waals surface area contributed by atoms with E-state index in [0.29, 0.717) is 6.54 Å². The number of benzene rings is 3. The molecule has 3 aliphatic rings. The molecule has 1 unspecified atom stereocenters. The van der Waals surface area contributed by atoms with Crippen molar-refractivity contribution in [3.05, 3.63) is 71.4 Å². The summed E-state index contributed by atoms with van der Waals surface area (Å²) in [5.41, 5.74) is 8.93. The first-order chi connectivity index (χ1) is 29.4. The Morgan fingerprint density at radius 1 is 0.754 bits per heavy atom. The number of carbonyl (C=O) groups is 4. The highest BCUT2D eigenvalue weighted by Crippen LogP contribution is 2.41. The van der Waals surface area contributed by atoms with E-state index in [1.807, 2.05) is 43.7 Å². The molecular formula is C47H58N8O6. The number of ether oxygens (including phenoxy) is 2. The predicted molar refractivity (Wildman–Crippen MR) is 234 cm³/mol. The van der Waals surface area contributed by atoms with E-state index in [1.54, 1.807) is 0 Å². The number of fused-ring (bicyclic) bond motifs is 4. The van der Waals surface area contributed by atoms with Gasteiger partial charge in [0.1, 0.15) is 23.7 Å². The van der Waals surface area contributed by atoms with Gasteiger partial charge in [-0.3, -0.25) is 9.59 Å². The minimum absolute atomic E-state index is 0.00692.